The quantitative estimate of drug-likeness (QED) is 0.569. The second-order valence-electron chi connectivity index (χ2n) is 6.62. The summed E-state index contributed by atoms with van der Waals surface area (Å²) in [6, 6.07) is 17.2. The number of fused-ring (bicyclic) bond motifs is 1. The predicted octanol–water partition coefficient (Wildman–Crippen LogP) is 5.29. The molecule has 0 bridgehead atoms. The van der Waals surface area contributed by atoms with E-state index in [9.17, 15) is 0 Å². The Morgan fingerprint density at radius 3 is 2.38 bits per heavy atom. The summed E-state index contributed by atoms with van der Waals surface area (Å²) in [4.78, 5) is 7.16. The van der Waals surface area contributed by atoms with Gasteiger partial charge in [-0.3, -0.25) is 0 Å². The van der Waals surface area contributed by atoms with E-state index in [1.54, 1.807) is 0 Å². The van der Waals surface area contributed by atoms with E-state index in [2.05, 4.69) is 84.1 Å². The second-order valence-corrected chi connectivity index (χ2v) is 6.62. The summed E-state index contributed by atoms with van der Waals surface area (Å²) in [5.41, 5.74) is 4.83. The zero-order chi connectivity index (χ0) is 18.4. The molecule has 0 spiro atoms. The molecule has 1 aromatic heterocycles. The van der Waals surface area contributed by atoms with Gasteiger partial charge in [0.25, 0.3) is 0 Å². The van der Waals surface area contributed by atoms with Gasteiger partial charge >= 0.3 is 0 Å². The number of aromatic nitrogens is 2. The standard InChI is InChI=1S/C22H30N4/c1-4-7-16-26-21-11-9-8-10-20(21)24-22(26)23-17-18-12-14-19(15-13-18)25(5-2)6-3/h8-15H,4-7,16-17H2,1-3H3,(H,23,24). The minimum Gasteiger partial charge on any atom is -0.372 e. The molecule has 26 heavy (non-hydrogen) atoms. The van der Waals surface area contributed by atoms with Crippen molar-refractivity contribution in [3.63, 3.8) is 0 Å². The van der Waals surface area contributed by atoms with Crippen molar-refractivity contribution in [1.82, 2.24) is 9.55 Å². The van der Waals surface area contributed by atoms with Gasteiger partial charge in [0.1, 0.15) is 0 Å². The van der Waals surface area contributed by atoms with Crippen LogP contribution in [0.5, 0.6) is 0 Å². The first-order chi connectivity index (χ1) is 12.8. The molecule has 138 valence electrons. The van der Waals surface area contributed by atoms with Crippen molar-refractivity contribution in [1.29, 1.82) is 0 Å². The zero-order valence-electron chi connectivity index (χ0n) is 16.2. The summed E-state index contributed by atoms with van der Waals surface area (Å²) in [5, 5.41) is 3.54. The molecule has 3 aromatic rings. The first-order valence-electron chi connectivity index (χ1n) is 9.79. The molecule has 0 atom stereocenters. The van der Waals surface area contributed by atoms with Crippen LogP contribution in [0.25, 0.3) is 11.0 Å². The molecule has 3 rings (SSSR count). The third-order valence-electron chi connectivity index (χ3n) is 4.91. The van der Waals surface area contributed by atoms with Crippen molar-refractivity contribution in [2.75, 3.05) is 23.3 Å². The van der Waals surface area contributed by atoms with Crippen LogP contribution in [0.2, 0.25) is 0 Å². The number of nitrogens with zero attached hydrogens (tertiary/aromatic N) is 3. The number of benzene rings is 2. The fourth-order valence-electron chi connectivity index (χ4n) is 3.35. The molecule has 0 saturated carbocycles. The minimum absolute atomic E-state index is 0.786. The van der Waals surface area contributed by atoms with Gasteiger partial charge < -0.3 is 14.8 Å². The third kappa shape index (κ3) is 4.01. The van der Waals surface area contributed by atoms with Gasteiger partial charge in [-0.15, -0.1) is 0 Å². The number of rotatable bonds is 9. The largest absolute Gasteiger partial charge is 0.372 e. The molecule has 0 aliphatic carbocycles. The van der Waals surface area contributed by atoms with Crippen molar-refractivity contribution in [2.45, 2.75) is 46.7 Å². The maximum Gasteiger partial charge on any atom is 0.204 e. The van der Waals surface area contributed by atoms with Crippen molar-refractivity contribution in [3.8, 4) is 0 Å². The minimum atomic E-state index is 0.786. The maximum absolute atomic E-state index is 4.80. The number of nitrogens with one attached hydrogen (secondary N) is 1. The summed E-state index contributed by atoms with van der Waals surface area (Å²) in [6.45, 7) is 10.5. The highest BCUT2D eigenvalue weighted by atomic mass is 15.2. The molecule has 0 saturated heterocycles. The van der Waals surface area contributed by atoms with Gasteiger partial charge in [0.2, 0.25) is 5.95 Å². The van der Waals surface area contributed by atoms with E-state index >= 15 is 0 Å². The van der Waals surface area contributed by atoms with Crippen molar-refractivity contribution in [3.05, 3.63) is 54.1 Å². The Hall–Kier alpha value is -2.49. The van der Waals surface area contributed by atoms with Gasteiger partial charge in [0.15, 0.2) is 0 Å². The monoisotopic (exact) mass is 350 g/mol. The molecule has 0 fully saturated rings. The Balaban J connectivity index is 1.74. The number of aryl methyl sites for hydroxylation is 1. The van der Waals surface area contributed by atoms with Crippen LogP contribution in [-0.2, 0) is 13.1 Å². The van der Waals surface area contributed by atoms with E-state index in [1.165, 1.54) is 23.2 Å². The first kappa shape index (κ1) is 18.3. The number of para-hydroxylation sites is 2. The van der Waals surface area contributed by atoms with Crippen molar-refractivity contribution >= 4 is 22.7 Å². The molecule has 0 unspecified atom stereocenters. The van der Waals surface area contributed by atoms with Crippen LogP contribution in [-0.4, -0.2) is 22.6 Å². The van der Waals surface area contributed by atoms with Crippen molar-refractivity contribution < 1.29 is 0 Å². The SMILES string of the molecule is CCCCn1c(NCc2ccc(N(CC)CC)cc2)nc2ccccc21. The second kappa shape index (κ2) is 8.75. The lowest BCUT2D eigenvalue weighted by atomic mass is 10.2. The molecule has 0 aliphatic rings. The predicted molar refractivity (Wildman–Crippen MR) is 112 cm³/mol. The molecule has 2 aromatic carbocycles. The third-order valence-corrected chi connectivity index (χ3v) is 4.91. The summed E-state index contributed by atoms with van der Waals surface area (Å²) >= 11 is 0. The average Bonchev–Trinajstić information content (AvgIpc) is 3.04. The summed E-state index contributed by atoms with van der Waals surface area (Å²) in [7, 11) is 0. The summed E-state index contributed by atoms with van der Waals surface area (Å²) in [6.07, 6.45) is 2.34. The Labute approximate surface area is 156 Å². The van der Waals surface area contributed by atoms with Crippen LogP contribution in [0.4, 0.5) is 11.6 Å². The number of imidazole rings is 1. The van der Waals surface area contributed by atoms with Crippen LogP contribution in [0.3, 0.4) is 0 Å². The van der Waals surface area contributed by atoms with Crippen LogP contribution >= 0.6 is 0 Å². The highest BCUT2D eigenvalue weighted by molar-refractivity contribution is 5.78. The number of hydrogen-bond donors (Lipinski definition) is 1. The van der Waals surface area contributed by atoms with Crippen LogP contribution in [0.15, 0.2) is 48.5 Å². The van der Waals surface area contributed by atoms with E-state index in [-0.39, 0.29) is 0 Å². The molecular weight excluding hydrogens is 320 g/mol. The van der Waals surface area contributed by atoms with Crippen LogP contribution in [0, 0.1) is 0 Å². The molecule has 1 heterocycles. The molecule has 0 radical (unpaired) electrons. The lowest BCUT2D eigenvalue weighted by Crippen LogP contribution is -2.21. The number of anilines is 2. The molecule has 4 nitrogen and oxygen atoms in total. The van der Waals surface area contributed by atoms with Gasteiger partial charge in [-0.2, -0.15) is 0 Å². The Morgan fingerprint density at radius 1 is 0.962 bits per heavy atom. The molecule has 4 heteroatoms. The van der Waals surface area contributed by atoms with Gasteiger partial charge in [-0.05, 0) is 50.1 Å². The van der Waals surface area contributed by atoms with Gasteiger partial charge in [-0.25, -0.2) is 4.98 Å². The Morgan fingerprint density at radius 2 is 1.69 bits per heavy atom. The molecular formula is C22H30N4. The van der Waals surface area contributed by atoms with Gasteiger partial charge in [0, 0.05) is 31.9 Å². The topological polar surface area (TPSA) is 33.1 Å². The van der Waals surface area contributed by atoms with Gasteiger partial charge in [-0.1, -0.05) is 37.6 Å². The number of hydrogen-bond acceptors (Lipinski definition) is 3. The molecule has 1 N–H and O–H groups in total. The smallest absolute Gasteiger partial charge is 0.204 e. The molecule has 0 amide bonds. The average molecular weight is 351 g/mol. The van der Waals surface area contributed by atoms with E-state index in [0.29, 0.717) is 0 Å². The fraction of sp³-hybridized carbons (Fsp3) is 0.409. The summed E-state index contributed by atoms with van der Waals surface area (Å²) < 4.78 is 2.31. The van der Waals surface area contributed by atoms with E-state index in [0.717, 1.165) is 44.1 Å². The van der Waals surface area contributed by atoms with E-state index < -0.39 is 0 Å². The van der Waals surface area contributed by atoms with Crippen LogP contribution in [0.1, 0.15) is 39.2 Å². The van der Waals surface area contributed by atoms with Crippen LogP contribution < -0.4 is 10.2 Å². The molecule has 0 aliphatic heterocycles. The first-order valence-corrected chi connectivity index (χ1v) is 9.79. The Bertz CT molecular complexity index is 816. The fourth-order valence-corrected chi connectivity index (χ4v) is 3.35. The van der Waals surface area contributed by atoms with Crippen molar-refractivity contribution in [2.24, 2.45) is 0 Å². The summed E-state index contributed by atoms with van der Waals surface area (Å²) in [5.74, 6) is 0.965. The number of unbranched alkanes of at least 4 members (excludes halogenated alkanes) is 1. The van der Waals surface area contributed by atoms with Gasteiger partial charge in [0.05, 0.1) is 11.0 Å². The normalized spacial score (nSPS) is 11.0. The lowest BCUT2D eigenvalue weighted by Gasteiger charge is -2.21. The highest BCUT2D eigenvalue weighted by Gasteiger charge is 2.10. The van der Waals surface area contributed by atoms with E-state index in [4.69, 9.17) is 4.98 Å². The zero-order valence-corrected chi connectivity index (χ0v) is 16.2. The highest BCUT2D eigenvalue weighted by Crippen LogP contribution is 2.21. The van der Waals surface area contributed by atoms with E-state index in [1.807, 2.05) is 0 Å². The Kier molecular flexibility index (Phi) is 6.16. The lowest BCUT2D eigenvalue weighted by molar-refractivity contribution is 0.649. The maximum atomic E-state index is 4.80.